The molecule has 25 heavy (non-hydrogen) atoms. The van der Waals surface area contributed by atoms with Crippen LogP contribution in [0, 0.1) is 11.8 Å². The minimum atomic E-state index is 0.395. The van der Waals surface area contributed by atoms with Crippen LogP contribution in [-0.2, 0) is 17.6 Å². The summed E-state index contributed by atoms with van der Waals surface area (Å²) in [4.78, 5) is 2.59. The summed E-state index contributed by atoms with van der Waals surface area (Å²) >= 11 is 0. The number of rotatable bonds is 5. The zero-order valence-corrected chi connectivity index (χ0v) is 15.8. The number of fused-ring (bicyclic) bond motifs is 3. The Balaban J connectivity index is 1.26. The van der Waals surface area contributed by atoms with Crippen LogP contribution >= 0.6 is 0 Å². The Kier molecular flexibility index (Phi) is 5.74. The van der Waals surface area contributed by atoms with Crippen molar-refractivity contribution in [2.24, 2.45) is 11.8 Å². The second-order valence-electron chi connectivity index (χ2n) is 8.44. The van der Waals surface area contributed by atoms with Crippen molar-refractivity contribution in [1.82, 2.24) is 10.2 Å². The third kappa shape index (κ3) is 4.27. The lowest BCUT2D eigenvalue weighted by Gasteiger charge is -2.25. The number of benzene rings is 1. The van der Waals surface area contributed by atoms with Gasteiger partial charge in [0.05, 0.1) is 6.10 Å². The van der Waals surface area contributed by atoms with Crippen LogP contribution in [0.3, 0.4) is 0 Å². The van der Waals surface area contributed by atoms with Crippen LogP contribution in [0.5, 0.6) is 0 Å². The third-order valence-electron chi connectivity index (χ3n) is 6.57. The first-order valence-corrected chi connectivity index (χ1v) is 10.4. The van der Waals surface area contributed by atoms with E-state index in [1.165, 1.54) is 58.2 Å². The van der Waals surface area contributed by atoms with Crippen LogP contribution in [0.15, 0.2) is 24.3 Å². The van der Waals surface area contributed by atoms with Crippen molar-refractivity contribution in [3.63, 3.8) is 0 Å². The molecule has 4 rings (SSSR count). The minimum Gasteiger partial charge on any atom is -0.377 e. The third-order valence-corrected chi connectivity index (χ3v) is 6.57. The molecule has 1 N–H and O–H groups in total. The summed E-state index contributed by atoms with van der Waals surface area (Å²) in [5.41, 5.74) is 3.22. The summed E-state index contributed by atoms with van der Waals surface area (Å²) in [6.45, 7) is 7.82. The Labute approximate surface area is 153 Å². The van der Waals surface area contributed by atoms with Crippen molar-refractivity contribution in [3.8, 4) is 0 Å². The monoisotopic (exact) mass is 342 g/mol. The number of nitrogens with one attached hydrogen (secondary N) is 1. The van der Waals surface area contributed by atoms with Gasteiger partial charge in [0.15, 0.2) is 0 Å². The van der Waals surface area contributed by atoms with Crippen molar-refractivity contribution in [2.75, 3.05) is 32.8 Å². The number of hydrogen-bond donors (Lipinski definition) is 1. The topological polar surface area (TPSA) is 24.5 Å². The summed E-state index contributed by atoms with van der Waals surface area (Å²) in [7, 11) is 0. The van der Waals surface area contributed by atoms with Gasteiger partial charge in [0.1, 0.15) is 0 Å². The van der Waals surface area contributed by atoms with Crippen LogP contribution in [0.1, 0.15) is 43.7 Å². The van der Waals surface area contributed by atoms with Crippen LogP contribution in [0.4, 0.5) is 0 Å². The maximum absolute atomic E-state index is 5.76. The molecule has 0 unspecified atom stereocenters. The zero-order valence-electron chi connectivity index (χ0n) is 15.8. The number of ether oxygens (including phenoxy) is 1. The van der Waals surface area contributed by atoms with Gasteiger partial charge in [-0.2, -0.15) is 0 Å². The lowest BCUT2D eigenvalue weighted by Crippen LogP contribution is -2.40. The average Bonchev–Trinajstić information content (AvgIpc) is 2.76. The Morgan fingerprint density at radius 1 is 1.12 bits per heavy atom. The molecule has 2 fully saturated rings. The fourth-order valence-corrected chi connectivity index (χ4v) is 5.34. The molecule has 0 amide bonds. The second-order valence-corrected chi connectivity index (χ2v) is 8.44. The Morgan fingerprint density at radius 2 is 1.84 bits per heavy atom. The molecule has 3 nitrogen and oxygen atoms in total. The summed E-state index contributed by atoms with van der Waals surface area (Å²) in [5, 5.41) is 3.97. The van der Waals surface area contributed by atoms with E-state index in [2.05, 4.69) is 41.4 Å². The molecule has 2 bridgehead atoms. The molecule has 3 atom stereocenters. The van der Waals surface area contributed by atoms with Gasteiger partial charge >= 0.3 is 0 Å². The first-order chi connectivity index (χ1) is 12.3. The molecule has 138 valence electrons. The highest BCUT2D eigenvalue weighted by Crippen LogP contribution is 2.39. The van der Waals surface area contributed by atoms with E-state index in [9.17, 15) is 0 Å². The predicted molar refractivity (Wildman–Crippen MR) is 103 cm³/mol. The lowest BCUT2D eigenvalue weighted by atomic mass is 9.94. The molecule has 1 aromatic carbocycles. The SMILES string of the molecule is C[C@@H]1CN(CCCNC2[C@H]3CC[C@H]2Cc2ccccc2C3)CCCO1. The Bertz CT molecular complexity index is 528. The smallest absolute Gasteiger partial charge is 0.0673 e. The van der Waals surface area contributed by atoms with E-state index < -0.39 is 0 Å². The quantitative estimate of drug-likeness (QED) is 0.831. The summed E-state index contributed by atoms with van der Waals surface area (Å²) in [6.07, 6.45) is 8.23. The minimum absolute atomic E-state index is 0.395. The van der Waals surface area contributed by atoms with Gasteiger partial charge in [-0.15, -0.1) is 0 Å². The molecule has 2 aliphatic carbocycles. The largest absolute Gasteiger partial charge is 0.377 e. The van der Waals surface area contributed by atoms with Crippen LogP contribution in [0.2, 0.25) is 0 Å². The van der Waals surface area contributed by atoms with Gasteiger partial charge in [-0.25, -0.2) is 0 Å². The highest BCUT2D eigenvalue weighted by atomic mass is 16.5. The Hall–Kier alpha value is -0.900. The number of hydrogen-bond acceptors (Lipinski definition) is 3. The highest BCUT2D eigenvalue weighted by Gasteiger charge is 2.38. The summed E-state index contributed by atoms with van der Waals surface area (Å²) in [5.74, 6) is 1.69. The molecule has 0 aromatic heterocycles. The molecule has 1 saturated carbocycles. The Morgan fingerprint density at radius 3 is 2.56 bits per heavy atom. The average molecular weight is 343 g/mol. The normalized spacial score (nSPS) is 32.8. The van der Waals surface area contributed by atoms with E-state index >= 15 is 0 Å². The molecule has 3 heteroatoms. The van der Waals surface area contributed by atoms with E-state index in [0.29, 0.717) is 6.10 Å². The van der Waals surface area contributed by atoms with Gasteiger partial charge in [-0.3, -0.25) is 0 Å². The van der Waals surface area contributed by atoms with E-state index in [1.54, 1.807) is 11.1 Å². The molecule has 0 radical (unpaired) electrons. The fraction of sp³-hybridized carbons (Fsp3) is 0.727. The molecule has 1 aliphatic heterocycles. The van der Waals surface area contributed by atoms with E-state index in [0.717, 1.165) is 31.0 Å². The first-order valence-electron chi connectivity index (χ1n) is 10.4. The molecule has 1 heterocycles. The highest BCUT2D eigenvalue weighted by molar-refractivity contribution is 5.30. The van der Waals surface area contributed by atoms with Crippen molar-refractivity contribution in [3.05, 3.63) is 35.4 Å². The number of nitrogens with zero attached hydrogens (tertiary/aromatic N) is 1. The second kappa shape index (κ2) is 8.20. The van der Waals surface area contributed by atoms with Gasteiger partial charge in [-0.05, 0) is 81.5 Å². The predicted octanol–water partition coefficient (Wildman–Crippen LogP) is 3.27. The van der Waals surface area contributed by atoms with Crippen LogP contribution in [-0.4, -0.2) is 49.8 Å². The van der Waals surface area contributed by atoms with Crippen molar-refractivity contribution in [2.45, 2.75) is 57.6 Å². The van der Waals surface area contributed by atoms with Crippen molar-refractivity contribution >= 4 is 0 Å². The van der Waals surface area contributed by atoms with Gasteiger partial charge in [0, 0.05) is 25.7 Å². The molecule has 3 aliphatic rings. The van der Waals surface area contributed by atoms with Crippen molar-refractivity contribution in [1.29, 1.82) is 0 Å². The van der Waals surface area contributed by atoms with E-state index in [1.807, 2.05) is 0 Å². The molecule has 0 spiro atoms. The molecule has 1 aromatic rings. The first kappa shape index (κ1) is 17.5. The maximum Gasteiger partial charge on any atom is 0.0673 e. The summed E-state index contributed by atoms with van der Waals surface area (Å²) < 4.78 is 5.76. The van der Waals surface area contributed by atoms with Gasteiger partial charge in [0.2, 0.25) is 0 Å². The molecule has 1 saturated heterocycles. The lowest BCUT2D eigenvalue weighted by molar-refractivity contribution is 0.0676. The summed E-state index contributed by atoms with van der Waals surface area (Å²) in [6, 6.07) is 9.88. The van der Waals surface area contributed by atoms with Crippen LogP contribution in [0.25, 0.3) is 0 Å². The van der Waals surface area contributed by atoms with Gasteiger partial charge in [0.25, 0.3) is 0 Å². The standard InChI is InChI=1S/C22H34N2O/c1-17-16-24(12-5-13-25-17)11-4-10-23-22-20-8-9-21(22)15-19-7-3-2-6-18(19)14-20/h2-3,6-7,17,20-23H,4-5,8-16H2,1H3/t17-,20+,21+/m1/s1. The van der Waals surface area contributed by atoms with Gasteiger partial charge < -0.3 is 15.0 Å². The zero-order chi connectivity index (χ0) is 17.1. The van der Waals surface area contributed by atoms with E-state index in [-0.39, 0.29) is 0 Å². The van der Waals surface area contributed by atoms with Crippen molar-refractivity contribution < 1.29 is 4.74 Å². The molecular weight excluding hydrogens is 308 g/mol. The molecular formula is C22H34N2O. The van der Waals surface area contributed by atoms with Crippen LogP contribution < -0.4 is 5.32 Å². The van der Waals surface area contributed by atoms with E-state index in [4.69, 9.17) is 4.74 Å². The fourth-order valence-electron chi connectivity index (χ4n) is 5.34. The van der Waals surface area contributed by atoms with Gasteiger partial charge in [-0.1, -0.05) is 24.3 Å². The maximum atomic E-state index is 5.76.